The standard InChI is InChI=1S/C34H33N3O4/c1-40-30-18-15-24(22-31(30)41-2)19-21-35-20-6-5-8-23-13-16-25(17-14-23)36-34(39)28-11-7-10-27-32(28)37-29-12-4-3-9-26(29)33(27)38/h3-7,9-18,22,35H,8,19-21H2,1-2H3,(H,36,39)(H,37,38). The van der Waals surface area contributed by atoms with Gasteiger partial charge in [0, 0.05) is 28.5 Å². The van der Waals surface area contributed by atoms with Crippen molar-refractivity contribution in [2.45, 2.75) is 12.8 Å². The van der Waals surface area contributed by atoms with Crippen molar-refractivity contribution in [1.29, 1.82) is 0 Å². The highest BCUT2D eigenvalue weighted by Gasteiger charge is 2.14. The number of carbonyl (C=O) groups is 1. The monoisotopic (exact) mass is 547 g/mol. The van der Waals surface area contributed by atoms with E-state index in [1.54, 1.807) is 38.5 Å². The Labute approximate surface area is 238 Å². The van der Waals surface area contributed by atoms with E-state index < -0.39 is 0 Å². The number of H-pyrrole nitrogens is 1. The van der Waals surface area contributed by atoms with Crippen molar-refractivity contribution in [2.24, 2.45) is 0 Å². The van der Waals surface area contributed by atoms with Crippen LogP contribution in [0.15, 0.2) is 102 Å². The molecule has 0 aliphatic heterocycles. The Hall–Kier alpha value is -4.88. The van der Waals surface area contributed by atoms with E-state index in [1.807, 2.05) is 54.6 Å². The van der Waals surface area contributed by atoms with Gasteiger partial charge in [-0.25, -0.2) is 0 Å². The number of aromatic nitrogens is 1. The minimum atomic E-state index is -0.270. The fraction of sp³-hybridized carbons (Fsp3) is 0.176. The van der Waals surface area contributed by atoms with Crippen LogP contribution < -0.4 is 25.5 Å². The number of para-hydroxylation sites is 2. The SMILES string of the molecule is COc1ccc(CCNCC=CCc2ccc(NC(=O)c3cccc4c(=O)c5ccccc5[nH]c34)cc2)cc1OC. The molecule has 7 nitrogen and oxygen atoms in total. The number of carbonyl (C=O) groups excluding carboxylic acids is 1. The van der Waals surface area contributed by atoms with Gasteiger partial charge >= 0.3 is 0 Å². The molecule has 0 bridgehead atoms. The third-order valence-electron chi connectivity index (χ3n) is 7.02. The number of methoxy groups -OCH3 is 2. The zero-order chi connectivity index (χ0) is 28.6. The lowest BCUT2D eigenvalue weighted by molar-refractivity contribution is 0.102. The summed E-state index contributed by atoms with van der Waals surface area (Å²) in [6, 6.07) is 26.3. The number of allylic oxidation sites excluding steroid dienone is 1. The number of nitrogens with one attached hydrogen (secondary N) is 3. The minimum Gasteiger partial charge on any atom is -0.493 e. The number of benzene rings is 4. The van der Waals surface area contributed by atoms with E-state index in [1.165, 1.54) is 5.56 Å². The van der Waals surface area contributed by atoms with Crippen LogP contribution in [0.3, 0.4) is 0 Å². The number of fused-ring (bicyclic) bond motifs is 2. The molecule has 1 aromatic heterocycles. The summed E-state index contributed by atoms with van der Waals surface area (Å²) in [5, 5.41) is 7.49. The Kier molecular flexibility index (Phi) is 8.76. The van der Waals surface area contributed by atoms with Gasteiger partial charge in [-0.2, -0.15) is 0 Å². The summed E-state index contributed by atoms with van der Waals surface area (Å²) in [4.78, 5) is 29.4. The Morgan fingerprint density at radius 1 is 0.829 bits per heavy atom. The third kappa shape index (κ3) is 6.48. The molecule has 4 aromatic carbocycles. The van der Waals surface area contributed by atoms with E-state index >= 15 is 0 Å². The van der Waals surface area contributed by atoms with Crippen molar-refractivity contribution in [1.82, 2.24) is 10.3 Å². The molecule has 41 heavy (non-hydrogen) atoms. The lowest BCUT2D eigenvalue weighted by Crippen LogP contribution is -2.17. The summed E-state index contributed by atoms with van der Waals surface area (Å²) in [5.41, 5.74) is 4.60. The van der Waals surface area contributed by atoms with Gasteiger partial charge in [0.15, 0.2) is 16.9 Å². The maximum absolute atomic E-state index is 13.1. The largest absolute Gasteiger partial charge is 0.493 e. The van der Waals surface area contributed by atoms with E-state index in [0.29, 0.717) is 33.1 Å². The Morgan fingerprint density at radius 3 is 2.39 bits per heavy atom. The van der Waals surface area contributed by atoms with Crippen LogP contribution in [-0.2, 0) is 12.8 Å². The molecule has 0 spiro atoms. The Morgan fingerprint density at radius 2 is 1.59 bits per heavy atom. The predicted molar refractivity (Wildman–Crippen MR) is 165 cm³/mol. The van der Waals surface area contributed by atoms with Gasteiger partial charge in [-0.05, 0) is 79.0 Å². The second-order valence-corrected chi connectivity index (χ2v) is 9.70. The molecule has 0 saturated carbocycles. The van der Waals surface area contributed by atoms with Crippen molar-refractivity contribution in [3.8, 4) is 11.5 Å². The number of hydrogen-bond donors (Lipinski definition) is 3. The molecule has 0 unspecified atom stereocenters. The maximum Gasteiger partial charge on any atom is 0.257 e. The zero-order valence-corrected chi connectivity index (χ0v) is 23.2. The molecule has 5 rings (SSSR count). The molecule has 3 N–H and O–H groups in total. The highest BCUT2D eigenvalue weighted by atomic mass is 16.5. The first kappa shape index (κ1) is 27.7. The molecule has 208 valence electrons. The molecule has 0 fully saturated rings. The average molecular weight is 548 g/mol. The fourth-order valence-corrected chi connectivity index (χ4v) is 4.81. The van der Waals surface area contributed by atoms with Crippen molar-refractivity contribution in [3.63, 3.8) is 0 Å². The fourth-order valence-electron chi connectivity index (χ4n) is 4.81. The summed E-state index contributed by atoms with van der Waals surface area (Å²) in [6.45, 7) is 1.64. The van der Waals surface area contributed by atoms with Gasteiger partial charge in [0.05, 0.1) is 25.3 Å². The molecule has 1 heterocycles. The third-order valence-corrected chi connectivity index (χ3v) is 7.02. The summed E-state index contributed by atoms with van der Waals surface area (Å²) >= 11 is 0. The molecule has 7 heteroatoms. The molecule has 1 amide bonds. The van der Waals surface area contributed by atoms with Crippen LogP contribution in [0.2, 0.25) is 0 Å². The van der Waals surface area contributed by atoms with E-state index in [-0.39, 0.29) is 11.3 Å². The topological polar surface area (TPSA) is 92.5 Å². The number of anilines is 1. The number of hydrogen-bond acceptors (Lipinski definition) is 5. The van der Waals surface area contributed by atoms with Gasteiger partial charge < -0.3 is 25.1 Å². The first-order valence-electron chi connectivity index (χ1n) is 13.6. The summed E-state index contributed by atoms with van der Waals surface area (Å²) in [5.74, 6) is 1.21. The first-order valence-corrected chi connectivity index (χ1v) is 13.6. The molecule has 0 saturated heterocycles. The van der Waals surface area contributed by atoms with Gasteiger partial charge in [0.1, 0.15) is 0 Å². The highest BCUT2D eigenvalue weighted by Crippen LogP contribution is 2.27. The van der Waals surface area contributed by atoms with Crippen molar-refractivity contribution < 1.29 is 14.3 Å². The van der Waals surface area contributed by atoms with Crippen LogP contribution >= 0.6 is 0 Å². The maximum atomic E-state index is 13.1. The van der Waals surface area contributed by atoms with E-state index in [4.69, 9.17) is 9.47 Å². The molecule has 0 radical (unpaired) electrons. The number of amides is 1. The van der Waals surface area contributed by atoms with Crippen molar-refractivity contribution >= 4 is 33.4 Å². The van der Waals surface area contributed by atoms with Crippen LogP contribution in [0.5, 0.6) is 11.5 Å². The van der Waals surface area contributed by atoms with Crippen LogP contribution in [0.25, 0.3) is 21.8 Å². The van der Waals surface area contributed by atoms with Crippen LogP contribution in [0.1, 0.15) is 21.5 Å². The molecular formula is C34H33N3O4. The number of pyridine rings is 1. The molecule has 0 aliphatic carbocycles. The Balaban J connectivity index is 1.12. The number of rotatable bonds is 11. The smallest absolute Gasteiger partial charge is 0.257 e. The van der Waals surface area contributed by atoms with Gasteiger partial charge in [0.2, 0.25) is 0 Å². The van der Waals surface area contributed by atoms with Crippen molar-refractivity contribution in [3.05, 3.63) is 124 Å². The average Bonchev–Trinajstić information content (AvgIpc) is 3.01. The molecule has 0 aliphatic rings. The van der Waals surface area contributed by atoms with Crippen LogP contribution in [-0.4, -0.2) is 38.2 Å². The first-order chi connectivity index (χ1) is 20.1. The van der Waals surface area contributed by atoms with E-state index in [2.05, 4.69) is 33.8 Å². The summed E-state index contributed by atoms with van der Waals surface area (Å²) in [7, 11) is 3.28. The lowest BCUT2D eigenvalue weighted by Gasteiger charge is -2.10. The van der Waals surface area contributed by atoms with Gasteiger partial charge in [-0.3, -0.25) is 9.59 Å². The second-order valence-electron chi connectivity index (χ2n) is 9.70. The van der Waals surface area contributed by atoms with Crippen molar-refractivity contribution in [2.75, 3.05) is 32.6 Å². The lowest BCUT2D eigenvalue weighted by atomic mass is 10.1. The zero-order valence-electron chi connectivity index (χ0n) is 23.2. The van der Waals surface area contributed by atoms with Crippen LogP contribution in [0, 0.1) is 0 Å². The molecule has 0 atom stereocenters. The number of ether oxygens (including phenoxy) is 2. The van der Waals surface area contributed by atoms with Gasteiger partial charge in [0.25, 0.3) is 5.91 Å². The van der Waals surface area contributed by atoms with E-state index in [9.17, 15) is 9.59 Å². The normalized spacial score (nSPS) is 11.3. The second kappa shape index (κ2) is 13.0. The molecule has 5 aromatic rings. The van der Waals surface area contributed by atoms with Gasteiger partial charge in [-0.15, -0.1) is 0 Å². The molecular weight excluding hydrogens is 514 g/mol. The Bertz CT molecular complexity index is 1760. The number of aromatic amines is 1. The quantitative estimate of drug-likeness (QED) is 0.109. The summed E-state index contributed by atoms with van der Waals surface area (Å²) in [6.07, 6.45) is 5.94. The highest BCUT2D eigenvalue weighted by molar-refractivity contribution is 6.13. The minimum absolute atomic E-state index is 0.0884. The van der Waals surface area contributed by atoms with Gasteiger partial charge in [-0.1, -0.05) is 48.6 Å². The predicted octanol–water partition coefficient (Wildman–Crippen LogP) is 5.88. The van der Waals surface area contributed by atoms with E-state index in [0.717, 1.165) is 43.0 Å². The van der Waals surface area contributed by atoms with Crippen LogP contribution in [0.4, 0.5) is 5.69 Å². The summed E-state index contributed by atoms with van der Waals surface area (Å²) < 4.78 is 10.7.